The molecule has 184 valence electrons. The van der Waals surface area contributed by atoms with Gasteiger partial charge in [0, 0.05) is 28.3 Å². The lowest BCUT2D eigenvalue weighted by Crippen LogP contribution is -2.29. The van der Waals surface area contributed by atoms with Crippen LogP contribution in [0.5, 0.6) is 5.75 Å². The van der Waals surface area contributed by atoms with Crippen molar-refractivity contribution < 1.29 is 4.74 Å². The van der Waals surface area contributed by atoms with Crippen molar-refractivity contribution in [2.75, 3.05) is 11.5 Å². The fraction of sp³-hybridized carbons (Fsp3) is 0.214. The largest absolute Gasteiger partial charge is 0.494 e. The predicted octanol–water partition coefficient (Wildman–Crippen LogP) is 7.37. The standard InChI is InChI=1S/C28H26Cl2N4OS/c1-4-35-21-11-9-20(10-12-21)34-27(26(32-28(34)36)24-7-5-6-14-31-24)22-15-17(2)33(18(22)3)25-13-8-19(29)16-23(25)30/h5-16,26-27H,4H2,1-3H3,(H,32,36)/t26-,27-/m1/s1. The van der Waals surface area contributed by atoms with E-state index >= 15 is 0 Å². The first-order valence-corrected chi connectivity index (χ1v) is 12.9. The SMILES string of the molecule is CCOc1ccc(N2C(=S)N[C@H](c3ccccn3)[C@H]2c2cc(C)n(-c3ccc(Cl)cc3Cl)c2C)cc1. The minimum Gasteiger partial charge on any atom is -0.494 e. The normalized spacial score (nSPS) is 17.4. The van der Waals surface area contributed by atoms with Crippen LogP contribution < -0.4 is 15.0 Å². The van der Waals surface area contributed by atoms with E-state index in [-0.39, 0.29) is 12.1 Å². The minimum absolute atomic E-state index is 0.128. The first-order chi connectivity index (χ1) is 17.4. The van der Waals surface area contributed by atoms with E-state index in [9.17, 15) is 0 Å². The van der Waals surface area contributed by atoms with Crippen molar-refractivity contribution in [3.8, 4) is 11.4 Å². The number of aryl methyl sites for hydroxylation is 1. The third kappa shape index (κ3) is 4.45. The number of thiocarbonyl (C=S) groups is 1. The third-order valence-electron chi connectivity index (χ3n) is 6.46. The summed E-state index contributed by atoms with van der Waals surface area (Å²) in [5.74, 6) is 0.827. The van der Waals surface area contributed by atoms with E-state index in [1.165, 1.54) is 0 Å². The molecule has 3 heterocycles. The molecule has 36 heavy (non-hydrogen) atoms. The zero-order valence-electron chi connectivity index (χ0n) is 20.2. The summed E-state index contributed by atoms with van der Waals surface area (Å²) in [4.78, 5) is 6.83. The molecule has 0 bridgehead atoms. The molecule has 2 aromatic heterocycles. The molecule has 4 aromatic rings. The molecule has 0 spiro atoms. The number of nitrogens with one attached hydrogen (secondary N) is 1. The molecule has 8 heteroatoms. The molecule has 5 rings (SSSR count). The highest BCUT2D eigenvalue weighted by atomic mass is 35.5. The van der Waals surface area contributed by atoms with Gasteiger partial charge in [-0.1, -0.05) is 29.3 Å². The van der Waals surface area contributed by atoms with Crippen LogP contribution in [0.25, 0.3) is 5.69 Å². The number of rotatable bonds is 6. The average molecular weight is 538 g/mol. The Labute approximate surface area is 226 Å². The highest BCUT2D eigenvalue weighted by Crippen LogP contribution is 2.44. The van der Waals surface area contributed by atoms with Crippen LogP contribution in [0.15, 0.2) is 72.9 Å². The first-order valence-electron chi connectivity index (χ1n) is 11.8. The molecule has 0 amide bonds. The summed E-state index contributed by atoms with van der Waals surface area (Å²) in [5.41, 5.74) is 6.07. The molecular formula is C28H26Cl2N4OS. The Morgan fingerprint density at radius 3 is 2.47 bits per heavy atom. The lowest BCUT2D eigenvalue weighted by molar-refractivity contribution is 0.340. The van der Waals surface area contributed by atoms with Gasteiger partial charge in [0.2, 0.25) is 0 Å². The molecule has 2 atom stereocenters. The predicted molar refractivity (Wildman–Crippen MR) is 151 cm³/mol. The second kappa shape index (κ2) is 10.1. The summed E-state index contributed by atoms with van der Waals surface area (Å²) < 4.78 is 7.82. The number of aromatic nitrogens is 2. The van der Waals surface area contributed by atoms with Crippen LogP contribution in [0, 0.1) is 13.8 Å². The van der Waals surface area contributed by atoms with Crippen LogP contribution in [-0.4, -0.2) is 21.3 Å². The van der Waals surface area contributed by atoms with Crippen LogP contribution in [0.3, 0.4) is 0 Å². The molecule has 0 saturated carbocycles. The van der Waals surface area contributed by atoms with E-state index in [0.717, 1.165) is 39.8 Å². The number of hydrogen-bond acceptors (Lipinski definition) is 3. The van der Waals surface area contributed by atoms with Crippen molar-refractivity contribution in [2.24, 2.45) is 0 Å². The van der Waals surface area contributed by atoms with Crippen molar-refractivity contribution in [3.63, 3.8) is 0 Å². The Morgan fingerprint density at radius 1 is 1.03 bits per heavy atom. The molecule has 0 aliphatic carbocycles. The topological polar surface area (TPSA) is 42.3 Å². The van der Waals surface area contributed by atoms with Gasteiger partial charge in [0.1, 0.15) is 5.75 Å². The van der Waals surface area contributed by atoms with Gasteiger partial charge in [-0.15, -0.1) is 0 Å². The highest BCUT2D eigenvalue weighted by Gasteiger charge is 2.42. The average Bonchev–Trinajstić information content (AvgIpc) is 3.36. The molecular weight excluding hydrogens is 511 g/mol. The quantitative estimate of drug-likeness (QED) is 0.260. The fourth-order valence-corrected chi connectivity index (χ4v) is 5.78. The lowest BCUT2D eigenvalue weighted by Gasteiger charge is -2.28. The number of ether oxygens (including phenoxy) is 1. The van der Waals surface area contributed by atoms with Gasteiger partial charge in [0.15, 0.2) is 5.11 Å². The van der Waals surface area contributed by atoms with Crippen molar-refractivity contribution in [1.82, 2.24) is 14.9 Å². The van der Waals surface area contributed by atoms with Crippen LogP contribution in [0.4, 0.5) is 5.69 Å². The number of benzene rings is 2. The van der Waals surface area contributed by atoms with Crippen molar-refractivity contribution in [3.05, 3.63) is 106 Å². The number of halogens is 2. The summed E-state index contributed by atoms with van der Waals surface area (Å²) in [6.07, 6.45) is 1.81. The molecule has 1 aliphatic heterocycles. The number of hydrogen-bond donors (Lipinski definition) is 1. The maximum atomic E-state index is 6.62. The Kier molecular flexibility index (Phi) is 6.93. The maximum Gasteiger partial charge on any atom is 0.174 e. The van der Waals surface area contributed by atoms with Gasteiger partial charge in [-0.05, 0) is 99.2 Å². The number of pyridine rings is 1. The summed E-state index contributed by atoms with van der Waals surface area (Å²) in [6.45, 7) is 6.79. The van der Waals surface area contributed by atoms with Crippen LogP contribution in [0.1, 0.15) is 41.7 Å². The Hall–Kier alpha value is -3.06. The number of nitrogens with zero attached hydrogens (tertiary/aromatic N) is 3. The fourth-order valence-electron chi connectivity index (χ4n) is 4.94. The Morgan fingerprint density at radius 2 is 1.81 bits per heavy atom. The van der Waals surface area contributed by atoms with E-state index < -0.39 is 0 Å². The second-order valence-electron chi connectivity index (χ2n) is 8.68. The molecule has 2 aromatic carbocycles. The molecule has 5 nitrogen and oxygen atoms in total. The zero-order valence-corrected chi connectivity index (χ0v) is 22.5. The molecule has 1 N–H and O–H groups in total. The van der Waals surface area contributed by atoms with Crippen molar-refractivity contribution in [1.29, 1.82) is 0 Å². The van der Waals surface area contributed by atoms with Crippen molar-refractivity contribution >= 4 is 46.2 Å². The van der Waals surface area contributed by atoms with Gasteiger partial charge in [-0.25, -0.2) is 0 Å². The molecule has 0 unspecified atom stereocenters. The van der Waals surface area contributed by atoms with E-state index in [4.69, 9.17) is 40.2 Å². The van der Waals surface area contributed by atoms with Gasteiger partial charge in [-0.2, -0.15) is 0 Å². The van der Waals surface area contributed by atoms with Gasteiger partial charge in [0.05, 0.1) is 35.1 Å². The van der Waals surface area contributed by atoms with E-state index in [0.29, 0.717) is 21.8 Å². The maximum absolute atomic E-state index is 6.62. The summed E-state index contributed by atoms with van der Waals surface area (Å²) in [7, 11) is 0. The Bertz CT molecular complexity index is 1410. The molecule has 1 saturated heterocycles. The third-order valence-corrected chi connectivity index (χ3v) is 7.32. The van der Waals surface area contributed by atoms with E-state index in [1.54, 1.807) is 6.07 Å². The van der Waals surface area contributed by atoms with Crippen LogP contribution in [-0.2, 0) is 0 Å². The Balaban J connectivity index is 1.65. The van der Waals surface area contributed by atoms with Crippen LogP contribution in [0.2, 0.25) is 10.0 Å². The summed E-state index contributed by atoms with van der Waals surface area (Å²) in [5, 5.41) is 5.38. The lowest BCUT2D eigenvalue weighted by atomic mass is 9.96. The van der Waals surface area contributed by atoms with Gasteiger partial charge in [0.25, 0.3) is 0 Å². The minimum atomic E-state index is -0.139. The summed E-state index contributed by atoms with van der Waals surface area (Å²) >= 11 is 18.7. The van der Waals surface area contributed by atoms with E-state index in [1.807, 2.05) is 67.7 Å². The highest BCUT2D eigenvalue weighted by molar-refractivity contribution is 7.80. The van der Waals surface area contributed by atoms with Gasteiger partial charge in [-0.3, -0.25) is 4.98 Å². The molecule has 0 radical (unpaired) electrons. The first kappa shape index (κ1) is 24.6. The van der Waals surface area contributed by atoms with Gasteiger partial charge >= 0.3 is 0 Å². The summed E-state index contributed by atoms with van der Waals surface area (Å²) in [6, 6.07) is 21.5. The van der Waals surface area contributed by atoms with E-state index in [2.05, 4.69) is 39.7 Å². The monoisotopic (exact) mass is 536 g/mol. The zero-order chi connectivity index (χ0) is 25.4. The van der Waals surface area contributed by atoms with Gasteiger partial charge < -0.3 is 19.5 Å². The number of anilines is 1. The smallest absolute Gasteiger partial charge is 0.174 e. The van der Waals surface area contributed by atoms with Crippen molar-refractivity contribution in [2.45, 2.75) is 32.9 Å². The van der Waals surface area contributed by atoms with Crippen LogP contribution >= 0.6 is 35.4 Å². The molecule has 1 fully saturated rings. The second-order valence-corrected chi connectivity index (χ2v) is 9.91. The molecule has 1 aliphatic rings.